The lowest BCUT2D eigenvalue weighted by Crippen LogP contribution is -2.48. The van der Waals surface area contributed by atoms with Crippen molar-refractivity contribution in [2.45, 2.75) is 32.2 Å². The summed E-state index contributed by atoms with van der Waals surface area (Å²) in [4.78, 5) is 0. The standard InChI is InChI=1S/C9H21N3O2S/c1-3-12(15(13,14)11-2)9-6-4-5-8(9)7-10/h8-9,11H,3-7,10H2,1-2H3. The van der Waals surface area contributed by atoms with Crippen LogP contribution in [-0.4, -0.2) is 38.9 Å². The number of nitrogens with zero attached hydrogens (tertiary/aromatic N) is 1. The normalized spacial score (nSPS) is 27.5. The molecule has 0 spiro atoms. The van der Waals surface area contributed by atoms with Crippen LogP contribution in [0.1, 0.15) is 26.2 Å². The van der Waals surface area contributed by atoms with Crippen molar-refractivity contribution in [2.24, 2.45) is 11.7 Å². The molecule has 0 aromatic rings. The number of rotatable bonds is 5. The van der Waals surface area contributed by atoms with Crippen molar-refractivity contribution in [1.29, 1.82) is 0 Å². The first-order valence-corrected chi connectivity index (χ1v) is 6.91. The lowest BCUT2D eigenvalue weighted by molar-refractivity contribution is 0.274. The fourth-order valence-electron chi connectivity index (χ4n) is 2.37. The summed E-state index contributed by atoms with van der Waals surface area (Å²) in [7, 11) is -1.86. The fraction of sp³-hybridized carbons (Fsp3) is 1.00. The number of hydrogen-bond donors (Lipinski definition) is 2. The molecule has 0 aliphatic heterocycles. The third kappa shape index (κ3) is 2.69. The molecule has 5 nitrogen and oxygen atoms in total. The average Bonchev–Trinajstić information content (AvgIpc) is 2.66. The Labute approximate surface area is 92.2 Å². The number of hydrogen-bond acceptors (Lipinski definition) is 3. The molecule has 0 heterocycles. The van der Waals surface area contributed by atoms with Crippen molar-refractivity contribution >= 4 is 10.2 Å². The molecule has 0 radical (unpaired) electrons. The maximum Gasteiger partial charge on any atom is 0.279 e. The van der Waals surface area contributed by atoms with Gasteiger partial charge in [-0.25, -0.2) is 4.72 Å². The summed E-state index contributed by atoms with van der Waals surface area (Å²) >= 11 is 0. The first kappa shape index (κ1) is 12.9. The number of nitrogens with one attached hydrogen (secondary N) is 1. The smallest absolute Gasteiger partial charge is 0.279 e. The van der Waals surface area contributed by atoms with Gasteiger partial charge >= 0.3 is 0 Å². The molecule has 1 fully saturated rings. The molecule has 1 aliphatic carbocycles. The van der Waals surface area contributed by atoms with Gasteiger partial charge in [0, 0.05) is 19.6 Å². The Balaban J connectivity index is 2.83. The zero-order chi connectivity index (χ0) is 11.5. The number of nitrogens with two attached hydrogens (primary N) is 1. The topological polar surface area (TPSA) is 75.4 Å². The van der Waals surface area contributed by atoms with Gasteiger partial charge in [-0.1, -0.05) is 13.3 Å². The van der Waals surface area contributed by atoms with Crippen LogP contribution in [0.15, 0.2) is 0 Å². The second-order valence-corrected chi connectivity index (χ2v) is 5.73. The van der Waals surface area contributed by atoms with Crippen LogP contribution in [0.5, 0.6) is 0 Å². The van der Waals surface area contributed by atoms with Gasteiger partial charge in [0.25, 0.3) is 10.2 Å². The van der Waals surface area contributed by atoms with Gasteiger partial charge in [-0.3, -0.25) is 0 Å². The molecule has 0 aromatic carbocycles. The molecule has 1 aliphatic rings. The van der Waals surface area contributed by atoms with Crippen molar-refractivity contribution in [3.8, 4) is 0 Å². The summed E-state index contributed by atoms with van der Waals surface area (Å²) in [5.41, 5.74) is 5.66. The molecule has 15 heavy (non-hydrogen) atoms. The van der Waals surface area contributed by atoms with Gasteiger partial charge in [-0.2, -0.15) is 12.7 Å². The van der Waals surface area contributed by atoms with E-state index >= 15 is 0 Å². The Bertz CT molecular complexity index is 292. The maximum absolute atomic E-state index is 11.8. The van der Waals surface area contributed by atoms with Gasteiger partial charge < -0.3 is 5.73 Å². The van der Waals surface area contributed by atoms with Gasteiger partial charge in [-0.15, -0.1) is 0 Å². The van der Waals surface area contributed by atoms with E-state index in [1.54, 1.807) is 0 Å². The molecule has 0 bridgehead atoms. The predicted octanol–water partition coefficient (Wildman–Crippen LogP) is -0.100. The Morgan fingerprint density at radius 3 is 2.60 bits per heavy atom. The average molecular weight is 235 g/mol. The third-order valence-corrected chi connectivity index (χ3v) is 4.83. The Morgan fingerprint density at radius 2 is 2.13 bits per heavy atom. The van der Waals surface area contributed by atoms with E-state index in [9.17, 15) is 8.42 Å². The van der Waals surface area contributed by atoms with E-state index in [-0.39, 0.29) is 6.04 Å². The van der Waals surface area contributed by atoms with Gasteiger partial charge in [0.05, 0.1) is 0 Å². The van der Waals surface area contributed by atoms with Crippen LogP contribution in [0.4, 0.5) is 0 Å². The fourth-order valence-corrected chi connectivity index (χ4v) is 3.58. The minimum atomic E-state index is -3.31. The van der Waals surface area contributed by atoms with Gasteiger partial charge in [0.2, 0.25) is 0 Å². The Kier molecular flexibility index (Phi) is 4.51. The molecule has 3 N–H and O–H groups in total. The molecule has 90 valence electrons. The highest BCUT2D eigenvalue weighted by Crippen LogP contribution is 2.30. The Hall–Kier alpha value is -0.170. The highest BCUT2D eigenvalue weighted by atomic mass is 32.2. The molecule has 2 unspecified atom stereocenters. The Morgan fingerprint density at radius 1 is 1.47 bits per heavy atom. The molecule has 0 aromatic heterocycles. The third-order valence-electron chi connectivity index (χ3n) is 3.17. The minimum Gasteiger partial charge on any atom is -0.330 e. The molecule has 1 saturated carbocycles. The van der Waals surface area contributed by atoms with Crippen molar-refractivity contribution in [2.75, 3.05) is 20.1 Å². The van der Waals surface area contributed by atoms with E-state index in [4.69, 9.17) is 5.73 Å². The first-order chi connectivity index (χ1) is 7.06. The van der Waals surface area contributed by atoms with Gasteiger partial charge in [0.15, 0.2) is 0 Å². The van der Waals surface area contributed by atoms with Gasteiger partial charge in [-0.05, 0) is 25.3 Å². The molecule has 0 saturated heterocycles. The molecule has 2 atom stereocenters. The lowest BCUT2D eigenvalue weighted by atomic mass is 10.0. The highest BCUT2D eigenvalue weighted by molar-refractivity contribution is 7.87. The van der Waals surface area contributed by atoms with Gasteiger partial charge in [0.1, 0.15) is 0 Å². The van der Waals surface area contributed by atoms with E-state index < -0.39 is 10.2 Å². The molecular weight excluding hydrogens is 214 g/mol. The summed E-state index contributed by atoms with van der Waals surface area (Å²) in [5.74, 6) is 0.313. The highest BCUT2D eigenvalue weighted by Gasteiger charge is 2.35. The van der Waals surface area contributed by atoms with E-state index in [1.807, 2.05) is 6.92 Å². The van der Waals surface area contributed by atoms with Crippen LogP contribution in [0.3, 0.4) is 0 Å². The zero-order valence-electron chi connectivity index (χ0n) is 9.44. The monoisotopic (exact) mass is 235 g/mol. The summed E-state index contributed by atoms with van der Waals surface area (Å²) < 4.78 is 27.4. The van der Waals surface area contributed by atoms with Crippen LogP contribution in [-0.2, 0) is 10.2 Å². The minimum absolute atomic E-state index is 0.0810. The second-order valence-electron chi connectivity index (χ2n) is 3.91. The summed E-state index contributed by atoms with van der Waals surface area (Å²) in [5, 5.41) is 0. The van der Waals surface area contributed by atoms with Crippen molar-refractivity contribution in [3.63, 3.8) is 0 Å². The quantitative estimate of drug-likeness (QED) is 0.698. The van der Waals surface area contributed by atoms with Crippen LogP contribution in [0.25, 0.3) is 0 Å². The summed E-state index contributed by atoms with van der Waals surface area (Å²) in [6, 6.07) is 0.0810. The van der Waals surface area contributed by atoms with Crippen LogP contribution in [0.2, 0.25) is 0 Å². The van der Waals surface area contributed by atoms with E-state index in [2.05, 4.69) is 4.72 Å². The second kappa shape index (κ2) is 5.25. The summed E-state index contributed by atoms with van der Waals surface area (Å²) in [6.07, 6.45) is 3.04. The zero-order valence-corrected chi connectivity index (χ0v) is 10.3. The van der Waals surface area contributed by atoms with Crippen LogP contribution >= 0.6 is 0 Å². The molecule has 1 rings (SSSR count). The van der Waals surface area contributed by atoms with Crippen molar-refractivity contribution in [1.82, 2.24) is 9.03 Å². The molecular formula is C9H21N3O2S. The van der Waals surface area contributed by atoms with Crippen LogP contribution < -0.4 is 10.5 Å². The molecule has 0 amide bonds. The van der Waals surface area contributed by atoms with Crippen LogP contribution in [0, 0.1) is 5.92 Å². The van der Waals surface area contributed by atoms with E-state index in [0.717, 1.165) is 19.3 Å². The van der Waals surface area contributed by atoms with Crippen molar-refractivity contribution in [3.05, 3.63) is 0 Å². The van der Waals surface area contributed by atoms with Crippen molar-refractivity contribution < 1.29 is 8.42 Å². The van der Waals surface area contributed by atoms with E-state index in [0.29, 0.717) is 19.0 Å². The maximum atomic E-state index is 11.8. The lowest BCUT2D eigenvalue weighted by Gasteiger charge is -2.30. The predicted molar refractivity (Wildman–Crippen MR) is 60.5 cm³/mol. The largest absolute Gasteiger partial charge is 0.330 e. The summed E-state index contributed by atoms with van der Waals surface area (Å²) in [6.45, 7) is 2.94. The van der Waals surface area contributed by atoms with E-state index in [1.165, 1.54) is 11.4 Å². The first-order valence-electron chi connectivity index (χ1n) is 5.47. The SMILES string of the molecule is CCN(C1CCCC1CN)S(=O)(=O)NC. The molecule has 6 heteroatoms.